The third-order valence-electron chi connectivity index (χ3n) is 4.36. The summed E-state index contributed by atoms with van der Waals surface area (Å²) in [7, 11) is -3.51. The van der Waals surface area contributed by atoms with Crippen molar-refractivity contribution >= 4 is 27.1 Å². The number of benzene rings is 2. The van der Waals surface area contributed by atoms with Crippen LogP contribution in [0.3, 0.4) is 0 Å². The molecule has 0 aliphatic rings. The van der Waals surface area contributed by atoms with Crippen molar-refractivity contribution in [1.29, 1.82) is 0 Å². The zero-order valence-electron chi connectivity index (χ0n) is 15.8. The molecule has 0 amide bonds. The number of anilines is 1. The average molecular weight is 410 g/mol. The Bertz CT molecular complexity index is 820. The maximum atomic E-state index is 12.7. The lowest BCUT2D eigenvalue weighted by Crippen LogP contribution is -2.08. The van der Waals surface area contributed by atoms with Crippen LogP contribution in [-0.2, 0) is 15.6 Å². The predicted molar refractivity (Wildman–Crippen MR) is 112 cm³/mol. The second-order valence-electron chi connectivity index (χ2n) is 6.70. The molecule has 0 fully saturated rings. The molecule has 0 unspecified atom stereocenters. The number of nitrogens with two attached hydrogens (primary N) is 1. The lowest BCUT2D eigenvalue weighted by atomic mass is 10.1. The largest absolute Gasteiger partial charge is 0.493 e. The van der Waals surface area contributed by atoms with Gasteiger partial charge in [-0.05, 0) is 48.9 Å². The van der Waals surface area contributed by atoms with Gasteiger partial charge >= 0.3 is 0 Å². The van der Waals surface area contributed by atoms with Gasteiger partial charge in [0.05, 0.1) is 17.3 Å². The summed E-state index contributed by atoms with van der Waals surface area (Å²) >= 11 is 5.85. The summed E-state index contributed by atoms with van der Waals surface area (Å²) in [6.07, 6.45) is 7.03. The Labute approximate surface area is 167 Å². The first-order valence-corrected chi connectivity index (χ1v) is 11.4. The molecule has 0 saturated heterocycles. The molecule has 148 valence electrons. The molecule has 2 rings (SSSR count). The van der Waals surface area contributed by atoms with E-state index in [-0.39, 0.29) is 10.6 Å². The van der Waals surface area contributed by atoms with Crippen LogP contribution in [-0.4, -0.2) is 15.0 Å². The molecule has 0 aromatic heterocycles. The van der Waals surface area contributed by atoms with Crippen molar-refractivity contribution in [3.63, 3.8) is 0 Å². The minimum Gasteiger partial charge on any atom is -0.493 e. The van der Waals surface area contributed by atoms with Crippen molar-refractivity contribution < 1.29 is 13.2 Å². The van der Waals surface area contributed by atoms with Gasteiger partial charge in [-0.25, -0.2) is 8.42 Å². The SMILES string of the molecule is CCCCCCCCOc1ccc(N)cc1CS(=O)(=O)c1ccc(Cl)cc1. The number of nitrogen functional groups attached to an aromatic ring is 1. The Balaban J connectivity index is 2.01. The molecule has 2 N–H and O–H groups in total. The quantitative estimate of drug-likeness (QED) is 0.385. The van der Waals surface area contributed by atoms with Gasteiger partial charge in [0.15, 0.2) is 9.84 Å². The van der Waals surface area contributed by atoms with E-state index in [1.165, 1.54) is 37.8 Å². The first-order chi connectivity index (χ1) is 12.9. The monoisotopic (exact) mass is 409 g/mol. The Kier molecular flexibility index (Phi) is 8.45. The van der Waals surface area contributed by atoms with E-state index in [2.05, 4.69) is 6.92 Å². The van der Waals surface area contributed by atoms with Crippen LogP contribution >= 0.6 is 11.6 Å². The number of rotatable bonds is 11. The van der Waals surface area contributed by atoms with Crippen LogP contribution in [0, 0.1) is 0 Å². The fourth-order valence-corrected chi connectivity index (χ4v) is 4.33. The first kappa shape index (κ1) is 21.6. The van der Waals surface area contributed by atoms with Gasteiger partial charge in [0.25, 0.3) is 0 Å². The van der Waals surface area contributed by atoms with Gasteiger partial charge in [-0.15, -0.1) is 0 Å². The molecule has 0 saturated carbocycles. The van der Waals surface area contributed by atoms with Gasteiger partial charge in [0.2, 0.25) is 0 Å². The maximum Gasteiger partial charge on any atom is 0.182 e. The maximum absolute atomic E-state index is 12.7. The van der Waals surface area contributed by atoms with Crippen LogP contribution in [0.4, 0.5) is 5.69 Å². The van der Waals surface area contributed by atoms with Gasteiger partial charge in [-0.3, -0.25) is 0 Å². The van der Waals surface area contributed by atoms with E-state index in [1.807, 2.05) is 0 Å². The van der Waals surface area contributed by atoms with E-state index in [0.717, 1.165) is 12.8 Å². The zero-order valence-corrected chi connectivity index (χ0v) is 17.4. The molecule has 0 aliphatic carbocycles. The number of sulfone groups is 1. The molecule has 0 atom stereocenters. The zero-order chi connectivity index (χ0) is 19.7. The van der Waals surface area contributed by atoms with Crippen LogP contribution in [0.25, 0.3) is 0 Å². The highest BCUT2D eigenvalue weighted by atomic mass is 35.5. The fraction of sp³-hybridized carbons (Fsp3) is 0.429. The number of hydrogen-bond donors (Lipinski definition) is 1. The second-order valence-corrected chi connectivity index (χ2v) is 9.12. The van der Waals surface area contributed by atoms with Gasteiger partial charge < -0.3 is 10.5 Å². The van der Waals surface area contributed by atoms with Crippen LogP contribution < -0.4 is 10.5 Å². The second kappa shape index (κ2) is 10.6. The first-order valence-electron chi connectivity index (χ1n) is 9.42. The lowest BCUT2D eigenvalue weighted by molar-refractivity contribution is 0.302. The molecule has 2 aromatic carbocycles. The predicted octanol–water partition coefficient (Wildman–Crippen LogP) is 5.64. The number of halogens is 1. The normalized spacial score (nSPS) is 11.5. The third kappa shape index (κ3) is 7.07. The Morgan fingerprint density at radius 2 is 1.63 bits per heavy atom. The summed E-state index contributed by atoms with van der Waals surface area (Å²) in [5.74, 6) is 0.418. The van der Waals surface area contributed by atoms with Gasteiger partial charge in [0, 0.05) is 16.3 Å². The topological polar surface area (TPSA) is 69.4 Å². The van der Waals surface area contributed by atoms with Crippen LogP contribution in [0.15, 0.2) is 47.4 Å². The van der Waals surface area contributed by atoms with Crippen LogP contribution in [0.2, 0.25) is 5.02 Å². The Hall–Kier alpha value is -1.72. The summed E-state index contributed by atoms with van der Waals surface area (Å²) in [6.45, 7) is 2.77. The van der Waals surface area contributed by atoms with Gasteiger partial charge in [-0.2, -0.15) is 0 Å². The summed E-state index contributed by atoms with van der Waals surface area (Å²) in [4.78, 5) is 0.233. The van der Waals surface area contributed by atoms with Gasteiger partial charge in [-0.1, -0.05) is 50.6 Å². The molecule has 0 heterocycles. The smallest absolute Gasteiger partial charge is 0.182 e. The van der Waals surface area contributed by atoms with Crippen molar-refractivity contribution in [2.45, 2.75) is 56.1 Å². The molecule has 0 aliphatic heterocycles. The van der Waals surface area contributed by atoms with Gasteiger partial charge in [0.1, 0.15) is 5.75 Å². The fourth-order valence-electron chi connectivity index (χ4n) is 2.85. The van der Waals surface area contributed by atoms with Crippen molar-refractivity contribution in [2.75, 3.05) is 12.3 Å². The highest BCUT2D eigenvalue weighted by Gasteiger charge is 2.18. The number of ether oxygens (including phenoxy) is 1. The summed E-state index contributed by atoms with van der Waals surface area (Å²) < 4.78 is 31.3. The van der Waals surface area contributed by atoms with E-state index in [1.54, 1.807) is 30.3 Å². The summed E-state index contributed by atoms with van der Waals surface area (Å²) in [5, 5.41) is 0.501. The molecule has 0 bridgehead atoms. The minimum atomic E-state index is -3.51. The number of hydrogen-bond acceptors (Lipinski definition) is 4. The van der Waals surface area contributed by atoms with E-state index in [9.17, 15) is 8.42 Å². The highest BCUT2D eigenvalue weighted by molar-refractivity contribution is 7.90. The molecule has 6 heteroatoms. The molecular formula is C21H28ClNO3S. The Morgan fingerprint density at radius 3 is 2.33 bits per heavy atom. The molecule has 2 aromatic rings. The molecule has 0 spiro atoms. The third-order valence-corrected chi connectivity index (χ3v) is 6.29. The van der Waals surface area contributed by atoms with E-state index < -0.39 is 9.84 Å². The molecule has 27 heavy (non-hydrogen) atoms. The Morgan fingerprint density at radius 1 is 0.963 bits per heavy atom. The highest BCUT2D eigenvalue weighted by Crippen LogP contribution is 2.27. The molecule has 4 nitrogen and oxygen atoms in total. The number of unbranched alkanes of at least 4 members (excludes halogenated alkanes) is 5. The van der Waals surface area contributed by atoms with Crippen LogP contribution in [0.1, 0.15) is 51.0 Å². The van der Waals surface area contributed by atoms with Crippen molar-refractivity contribution in [1.82, 2.24) is 0 Å². The standard InChI is InChI=1S/C21H28ClNO3S/c1-2-3-4-5-6-7-14-26-21-13-10-19(23)15-17(21)16-27(24,25)20-11-8-18(22)9-12-20/h8-13,15H,2-7,14,16,23H2,1H3. The average Bonchev–Trinajstić information content (AvgIpc) is 2.62. The van der Waals surface area contributed by atoms with E-state index in [4.69, 9.17) is 22.1 Å². The molecular weight excluding hydrogens is 382 g/mol. The van der Waals surface area contributed by atoms with E-state index >= 15 is 0 Å². The van der Waals surface area contributed by atoms with Crippen LogP contribution in [0.5, 0.6) is 5.75 Å². The lowest BCUT2D eigenvalue weighted by Gasteiger charge is -2.13. The summed E-state index contributed by atoms with van der Waals surface area (Å²) in [5.41, 5.74) is 6.96. The van der Waals surface area contributed by atoms with Crippen molar-refractivity contribution in [2.24, 2.45) is 0 Å². The van der Waals surface area contributed by atoms with Crippen molar-refractivity contribution in [3.05, 3.63) is 53.1 Å². The summed E-state index contributed by atoms with van der Waals surface area (Å²) in [6, 6.07) is 11.3. The van der Waals surface area contributed by atoms with E-state index in [0.29, 0.717) is 28.6 Å². The minimum absolute atomic E-state index is 0.161. The van der Waals surface area contributed by atoms with Crippen molar-refractivity contribution in [3.8, 4) is 5.75 Å². The molecule has 0 radical (unpaired) electrons.